The summed E-state index contributed by atoms with van der Waals surface area (Å²) >= 11 is 6.13. The van der Waals surface area contributed by atoms with E-state index in [-0.39, 0.29) is 42.3 Å². The summed E-state index contributed by atoms with van der Waals surface area (Å²) in [5, 5.41) is 0.576. The molecule has 0 amide bonds. The van der Waals surface area contributed by atoms with Crippen molar-refractivity contribution in [3.63, 3.8) is 0 Å². The van der Waals surface area contributed by atoms with Crippen molar-refractivity contribution in [3.8, 4) is 22.6 Å². The van der Waals surface area contributed by atoms with Crippen LogP contribution in [0.2, 0.25) is 5.02 Å². The van der Waals surface area contributed by atoms with Gasteiger partial charge >= 0.3 is 0 Å². The number of nitrogens with zero attached hydrogens (tertiary/aromatic N) is 4. The van der Waals surface area contributed by atoms with Gasteiger partial charge in [0.2, 0.25) is 10.0 Å². The molecule has 1 aliphatic rings. The minimum absolute atomic E-state index is 0.0672. The van der Waals surface area contributed by atoms with Crippen molar-refractivity contribution in [2.45, 2.75) is 25.6 Å². The molecule has 0 bridgehead atoms. The second-order valence-corrected chi connectivity index (χ2v) is 11.3. The van der Waals surface area contributed by atoms with Gasteiger partial charge in [0, 0.05) is 60.3 Å². The van der Waals surface area contributed by atoms with Gasteiger partial charge in [-0.25, -0.2) is 22.8 Å². The van der Waals surface area contributed by atoms with Crippen LogP contribution in [0.15, 0.2) is 65.7 Å². The highest BCUT2D eigenvalue weighted by Crippen LogP contribution is 2.35. The molecule has 0 radical (unpaired) electrons. The summed E-state index contributed by atoms with van der Waals surface area (Å²) in [7, 11) is -2.25. The highest BCUT2D eigenvalue weighted by molar-refractivity contribution is 7.88. The number of aryl methyl sites for hydroxylation is 1. The average molecular weight is 555 g/mol. The van der Waals surface area contributed by atoms with Crippen molar-refractivity contribution in [1.82, 2.24) is 18.8 Å². The zero-order valence-electron chi connectivity index (χ0n) is 20.7. The van der Waals surface area contributed by atoms with E-state index < -0.39 is 15.8 Å². The molecular weight excluding hydrogens is 531 g/mol. The van der Waals surface area contributed by atoms with Gasteiger partial charge < -0.3 is 4.74 Å². The molecule has 0 aliphatic carbocycles. The maximum absolute atomic E-state index is 15.5. The molecule has 38 heavy (non-hydrogen) atoms. The largest absolute Gasteiger partial charge is 0.495 e. The number of pyridine rings is 1. The molecule has 11 heteroatoms. The minimum atomic E-state index is -3.70. The molecule has 0 fully saturated rings. The first-order valence-corrected chi connectivity index (χ1v) is 13.8. The van der Waals surface area contributed by atoms with E-state index in [1.165, 1.54) is 40.5 Å². The number of sulfonamides is 1. The summed E-state index contributed by atoms with van der Waals surface area (Å²) in [6.45, 7) is 2.05. The lowest BCUT2D eigenvalue weighted by molar-refractivity contribution is 0.381. The number of fused-ring (bicyclic) bond motifs is 1. The standard InChI is InChI=1S/C27H24ClFN4O4S/c1-17-12-18(4-6-21(17)28)20-13-25(37-2)24(14-22(20)29)33-23-8-11-32(15-19(23)5-7-27(33)34)38(35,36)16-26-30-9-3-10-31-26/h3-7,9-10,12-14H,8,11,15-16H2,1-2H3. The van der Waals surface area contributed by atoms with Crippen molar-refractivity contribution in [2.24, 2.45) is 0 Å². The van der Waals surface area contributed by atoms with E-state index in [0.717, 1.165) is 5.56 Å². The summed E-state index contributed by atoms with van der Waals surface area (Å²) in [6, 6.07) is 12.6. The van der Waals surface area contributed by atoms with Gasteiger partial charge in [0.05, 0.1) is 12.8 Å². The summed E-state index contributed by atoms with van der Waals surface area (Å²) in [4.78, 5) is 21.1. The molecule has 4 aromatic rings. The van der Waals surface area contributed by atoms with Crippen LogP contribution in [-0.4, -0.2) is 40.9 Å². The third-order valence-electron chi connectivity index (χ3n) is 6.54. The van der Waals surface area contributed by atoms with Gasteiger partial charge in [-0.2, -0.15) is 4.31 Å². The molecule has 0 unspecified atom stereocenters. The minimum Gasteiger partial charge on any atom is -0.495 e. The van der Waals surface area contributed by atoms with Crippen molar-refractivity contribution in [3.05, 3.63) is 105 Å². The summed E-state index contributed by atoms with van der Waals surface area (Å²) in [5.41, 5.74) is 2.86. The Morgan fingerprint density at radius 1 is 1.11 bits per heavy atom. The van der Waals surface area contributed by atoms with Gasteiger partial charge in [0.25, 0.3) is 5.56 Å². The Morgan fingerprint density at radius 2 is 1.87 bits per heavy atom. The van der Waals surface area contributed by atoms with Crippen LogP contribution in [-0.2, 0) is 28.7 Å². The number of aromatic nitrogens is 3. The Kier molecular flexibility index (Phi) is 7.04. The molecular formula is C27H24ClFN4O4S. The Balaban J connectivity index is 1.53. The number of halogens is 2. The number of benzene rings is 2. The molecule has 0 atom stereocenters. The molecule has 0 saturated heterocycles. The first kappa shape index (κ1) is 26.0. The van der Waals surface area contributed by atoms with Crippen LogP contribution in [0.4, 0.5) is 4.39 Å². The van der Waals surface area contributed by atoms with E-state index in [0.29, 0.717) is 33.2 Å². The van der Waals surface area contributed by atoms with Crippen LogP contribution in [0.25, 0.3) is 16.8 Å². The Bertz CT molecular complexity index is 1690. The molecule has 1 aliphatic heterocycles. The predicted molar refractivity (Wildman–Crippen MR) is 143 cm³/mol. The van der Waals surface area contributed by atoms with Crippen LogP contribution in [0, 0.1) is 12.7 Å². The van der Waals surface area contributed by atoms with Crippen LogP contribution < -0.4 is 10.3 Å². The highest BCUT2D eigenvalue weighted by atomic mass is 35.5. The first-order chi connectivity index (χ1) is 18.2. The molecule has 0 N–H and O–H groups in total. The van der Waals surface area contributed by atoms with Crippen LogP contribution in [0.1, 0.15) is 22.6 Å². The fraction of sp³-hybridized carbons (Fsp3) is 0.222. The summed E-state index contributed by atoms with van der Waals surface area (Å²) in [5.74, 6) is -0.344. The zero-order chi connectivity index (χ0) is 27.0. The smallest absolute Gasteiger partial charge is 0.255 e. The fourth-order valence-electron chi connectivity index (χ4n) is 4.61. The Hall–Kier alpha value is -3.60. The van der Waals surface area contributed by atoms with E-state index in [4.69, 9.17) is 16.3 Å². The summed E-state index contributed by atoms with van der Waals surface area (Å²) < 4.78 is 49.9. The second-order valence-electron chi connectivity index (χ2n) is 8.95. The van der Waals surface area contributed by atoms with Gasteiger partial charge in [-0.1, -0.05) is 23.7 Å². The zero-order valence-corrected chi connectivity index (χ0v) is 22.3. The Labute approximate surface area is 224 Å². The molecule has 5 rings (SSSR count). The lowest BCUT2D eigenvalue weighted by Crippen LogP contribution is -2.39. The van der Waals surface area contributed by atoms with E-state index in [1.54, 1.807) is 36.4 Å². The van der Waals surface area contributed by atoms with Gasteiger partial charge in [-0.3, -0.25) is 9.36 Å². The van der Waals surface area contributed by atoms with Crippen molar-refractivity contribution < 1.29 is 17.5 Å². The van der Waals surface area contributed by atoms with Crippen LogP contribution in [0.5, 0.6) is 5.75 Å². The van der Waals surface area contributed by atoms with Gasteiger partial charge in [0.1, 0.15) is 23.1 Å². The normalized spacial score (nSPS) is 13.8. The molecule has 8 nitrogen and oxygen atoms in total. The predicted octanol–water partition coefficient (Wildman–Crippen LogP) is 4.29. The average Bonchev–Trinajstić information content (AvgIpc) is 2.90. The van der Waals surface area contributed by atoms with Crippen LogP contribution in [0.3, 0.4) is 0 Å². The number of methoxy groups -OCH3 is 1. The van der Waals surface area contributed by atoms with Crippen molar-refractivity contribution in [2.75, 3.05) is 13.7 Å². The molecule has 196 valence electrons. The quantitative estimate of drug-likeness (QED) is 0.353. The van der Waals surface area contributed by atoms with E-state index in [2.05, 4.69) is 9.97 Å². The highest BCUT2D eigenvalue weighted by Gasteiger charge is 2.30. The van der Waals surface area contributed by atoms with Crippen LogP contribution >= 0.6 is 11.6 Å². The molecule has 2 aromatic carbocycles. The first-order valence-electron chi connectivity index (χ1n) is 11.8. The number of hydrogen-bond donors (Lipinski definition) is 0. The Morgan fingerprint density at radius 3 is 2.58 bits per heavy atom. The molecule has 3 heterocycles. The topological polar surface area (TPSA) is 94.4 Å². The maximum atomic E-state index is 15.5. The van der Waals surface area contributed by atoms with Crippen molar-refractivity contribution in [1.29, 1.82) is 0 Å². The number of hydrogen-bond acceptors (Lipinski definition) is 6. The van der Waals surface area contributed by atoms with Gasteiger partial charge in [-0.15, -0.1) is 0 Å². The third-order valence-corrected chi connectivity index (χ3v) is 8.68. The van der Waals surface area contributed by atoms with E-state index in [9.17, 15) is 13.2 Å². The maximum Gasteiger partial charge on any atom is 0.255 e. The second kappa shape index (κ2) is 10.3. The third kappa shape index (κ3) is 4.94. The SMILES string of the molecule is COc1cc(-c2ccc(Cl)c(C)c2)c(F)cc1-n1c2c(ccc1=O)CN(S(=O)(=O)Cc1ncccn1)CC2. The molecule has 2 aromatic heterocycles. The van der Waals surface area contributed by atoms with Crippen molar-refractivity contribution >= 4 is 21.6 Å². The molecule has 0 saturated carbocycles. The van der Waals surface area contributed by atoms with Gasteiger partial charge in [0.15, 0.2) is 0 Å². The summed E-state index contributed by atoms with van der Waals surface area (Å²) in [6.07, 6.45) is 3.24. The number of ether oxygens (including phenoxy) is 1. The van der Waals surface area contributed by atoms with Gasteiger partial charge in [-0.05, 0) is 47.9 Å². The lowest BCUT2D eigenvalue weighted by Gasteiger charge is -2.30. The molecule has 0 spiro atoms. The monoisotopic (exact) mass is 554 g/mol. The van der Waals surface area contributed by atoms with E-state index in [1.807, 2.05) is 6.92 Å². The lowest BCUT2D eigenvalue weighted by atomic mass is 10.0. The fourth-order valence-corrected chi connectivity index (χ4v) is 6.09. The van der Waals surface area contributed by atoms with E-state index >= 15 is 4.39 Å². The number of rotatable bonds is 6.